The molecule has 1 fully saturated rings. The standard InChI is InChI=1S/C12H18N4O/c1-9-13-7-5-10(16-9)8-15-11-4-2-3-6-14-12(11)17/h5,7,11,15H,2-4,6,8H2,1H3,(H,14,17). The molecule has 1 saturated heterocycles. The number of aryl methyl sites for hydroxylation is 1. The van der Waals surface area contributed by atoms with Gasteiger partial charge >= 0.3 is 0 Å². The molecule has 5 heteroatoms. The molecule has 0 bridgehead atoms. The summed E-state index contributed by atoms with van der Waals surface area (Å²) < 4.78 is 0. The van der Waals surface area contributed by atoms with Gasteiger partial charge < -0.3 is 10.6 Å². The van der Waals surface area contributed by atoms with Crippen molar-refractivity contribution in [3.05, 3.63) is 23.8 Å². The lowest BCUT2D eigenvalue weighted by molar-refractivity contribution is -0.122. The highest BCUT2D eigenvalue weighted by molar-refractivity contribution is 5.81. The van der Waals surface area contributed by atoms with Crippen molar-refractivity contribution >= 4 is 5.91 Å². The van der Waals surface area contributed by atoms with E-state index in [9.17, 15) is 4.79 Å². The molecule has 92 valence electrons. The zero-order chi connectivity index (χ0) is 12.1. The molecule has 1 aromatic rings. The largest absolute Gasteiger partial charge is 0.355 e. The van der Waals surface area contributed by atoms with Crippen LogP contribution in [0.2, 0.25) is 0 Å². The molecular weight excluding hydrogens is 216 g/mol. The zero-order valence-electron chi connectivity index (χ0n) is 10.1. The van der Waals surface area contributed by atoms with E-state index in [4.69, 9.17) is 0 Å². The van der Waals surface area contributed by atoms with Crippen LogP contribution in [0, 0.1) is 6.92 Å². The van der Waals surface area contributed by atoms with Gasteiger partial charge in [0.1, 0.15) is 5.82 Å². The van der Waals surface area contributed by atoms with Gasteiger partial charge in [0.05, 0.1) is 11.7 Å². The number of aromatic nitrogens is 2. The van der Waals surface area contributed by atoms with Crippen molar-refractivity contribution in [3.8, 4) is 0 Å². The van der Waals surface area contributed by atoms with Gasteiger partial charge in [0.15, 0.2) is 0 Å². The third kappa shape index (κ3) is 3.49. The molecule has 0 spiro atoms. The predicted molar refractivity (Wildman–Crippen MR) is 64.3 cm³/mol. The van der Waals surface area contributed by atoms with Gasteiger partial charge in [-0.2, -0.15) is 0 Å². The van der Waals surface area contributed by atoms with Crippen LogP contribution in [0.5, 0.6) is 0 Å². The van der Waals surface area contributed by atoms with Crippen LogP contribution in [0.15, 0.2) is 12.3 Å². The molecule has 0 aromatic carbocycles. The van der Waals surface area contributed by atoms with Crippen LogP contribution in [0.4, 0.5) is 0 Å². The predicted octanol–water partition coefficient (Wildman–Crippen LogP) is 0.543. The maximum atomic E-state index is 11.7. The van der Waals surface area contributed by atoms with Crippen molar-refractivity contribution in [3.63, 3.8) is 0 Å². The van der Waals surface area contributed by atoms with E-state index in [1.807, 2.05) is 13.0 Å². The SMILES string of the molecule is Cc1nccc(CNC2CCCCNC2=O)n1. The summed E-state index contributed by atoms with van der Waals surface area (Å²) in [4.78, 5) is 20.0. The normalized spacial score (nSPS) is 20.8. The van der Waals surface area contributed by atoms with Crippen molar-refractivity contribution in [1.29, 1.82) is 0 Å². The second kappa shape index (κ2) is 5.72. The molecule has 0 radical (unpaired) electrons. The van der Waals surface area contributed by atoms with Crippen LogP contribution < -0.4 is 10.6 Å². The molecule has 1 aliphatic rings. The van der Waals surface area contributed by atoms with E-state index in [0.29, 0.717) is 6.54 Å². The fourth-order valence-corrected chi connectivity index (χ4v) is 1.97. The maximum absolute atomic E-state index is 11.7. The topological polar surface area (TPSA) is 66.9 Å². The Labute approximate surface area is 101 Å². The molecule has 17 heavy (non-hydrogen) atoms. The molecule has 1 aromatic heterocycles. The maximum Gasteiger partial charge on any atom is 0.237 e. The summed E-state index contributed by atoms with van der Waals surface area (Å²) in [5, 5.41) is 6.16. The van der Waals surface area contributed by atoms with Gasteiger partial charge in [0, 0.05) is 19.3 Å². The van der Waals surface area contributed by atoms with Crippen molar-refractivity contribution in [2.24, 2.45) is 0 Å². The molecule has 0 saturated carbocycles. The Balaban J connectivity index is 1.90. The van der Waals surface area contributed by atoms with Crippen LogP contribution in [-0.4, -0.2) is 28.5 Å². The lowest BCUT2D eigenvalue weighted by Crippen LogP contribution is -2.42. The average molecular weight is 234 g/mol. The Morgan fingerprint density at radius 2 is 2.41 bits per heavy atom. The van der Waals surface area contributed by atoms with Gasteiger partial charge in [-0.1, -0.05) is 0 Å². The molecule has 1 atom stereocenters. The van der Waals surface area contributed by atoms with Gasteiger partial charge in [-0.25, -0.2) is 9.97 Å². The number of amides is 1. The van der Waals surface area contributed by atoms with Crippen molar-refractivity contribution in [1.82, 2.24) is 20.6 Å². The van der Waals surface area contributed by atoms with Crippen LogP contribution in [0.25, 0.3) is 0 Å². The highest BCUT2D eigenvalue weighted by Crippen LogP contribution is 2.06. The minimum atomic E-state index is -0.0900. The monoisotopic (exact) mass is 234 g/mol. The lowest BCUT2D eigenvalue weighted by atomic mass is 10.1. The Bertz CT molecular complexity index is 394. The Hall–Kier alpha value is -1.49. The number of nitrogens with one attached hydrogen (secondary N) is 2. The number of rotatable bonds is 3. The number of nitrogens with zero attached hydrogens (tertiary/aromatic N) is 2. The molecule has 2 rings (SSSR count). The summed E-state index contributed by atoms with van der Waals surface area (Å²) in [7, 11) is 0. The number of hydrogen-bond acceptors (Lipinski definition) is 4. The summed E-state index contributed by atoms with van der Waals surface area (Å²) in [6.45, 7) is 3.27. The van der Waals surface area contributed by atoms with E-state index in [2.05, 4.69) is 20.6 Å². The van der Waals surface area contributed by atoms with E-state index in [1.165, 1.54) is 0 Å². The first-order chi connectivity index (χ1) is 8.25. The molecule has 2 N–H and O–H groups in total. The first-order valence-corrected chi connectivity index (χ1v) is 6.05. The smallest absolute Gasteiger partial charge is 0.237 e. The summed E-state index contributed by atoms with van der Waals surface area (Å²) in [6, 6.07) is 1.78. The second-order valence-electron chi connectivity index (χ2n) is 4.32. The minimum absolute atomic E-state index is 0.0900. The fraction of sp³-hybridized carbons (Fsp3) is 0.583. The van der Waals surface area contributed by atoms with E-state index in [-0.39, 0.29) is 11.9 Å². The van der Waals surface area contributed by atoms with E-state index in [0.717, 1.165) is 37.3 Å². The third-order valence-electron chi connectivity index (χ3n) is 2.90. The Morgan fingerprint density at radius 1 is 1.53 bits per heavy atom. The first kappa shape index (κ1) is 12.0. The third-order valence-corrected chi connectivity index (χ3v) is 2.90. The van der Waals surface area contributed by atoms with Crippen LogP contribution >= 0.6 is 0 Å². The van der Waals surface area contributed by atoms with E-state index >= 15 is 0 Å². The number of carbonyl (C=O) groups is 1. The fourth-order valence-electron chi connectivity index (χ4n) is 1.97. The average Bonchev–Trinajstić information content (AvgIpc) is 2.52. The summed E-state index contributed by atoms with van der Waals surface area (Å²) >= 11 is 0. The quantitative estimate of drug-likeness (QED) is 0.801. The van der Waals surface area contributed by atoms with Gasteiger partial charge in [-0.15, -0.1) is 0 Å². The van der Waals surface area contributed by atoms with Crippen molar-refractivity contribution in [2.75, 3.05) is 6.54 Å². The van der Waals surface area contributed by atoms with Crippen LogP contribution in [0.3, 0.4) is 0 Å². The molecule has 0 aliphatic carbocycles. The van der Waals surface area contributed by atoms with Gasteiger partial charge in [0.2, 0.25) is 5.91 Å². The Morgan fingerprint density at radius 3 is 3.24 bits per heavy atom. The second-order valence-corrected chi connectivity index (χ2v) is 4.32. The minimum Gasteiger partial charge on any atom is -0.355 e. The number of hydrogen-bond donors (Lipinski definition) is 2. The highest BCUT2D eigenvalue weighted by atomic mass is 16.2. The van der Waals surface area contributed by atoms with Crippen LogP contribution in [-0.2, 0) is 11.3 Å². The first-order valence-electron chi connectivity index (χ1n) is 6.05. The summed E-state index contributed by atoms with van der Waals surface area (Å²) in [5.74, 6) is 0.864. The number of carbonyl (C=O) groups excluding carboxylic acids is 1. The summed E-state index contributed by atoms with van der Waals surface area (Å²) in [6.07, 6.45) is 4.79. The van der Waals surface area contributed by atoms with Gasteiger partial charge in [-0.3, -0.25) is 4.79 Å². The van der Waals surface area contributed by atoms with E-state index in [1.54, 1.807) is 6.20 Å². The highest BCUT2D eigenvalue weighted by Gasteiger charge is 2.19. The molecule has 1 amide bonds. The van der Waals surface area contributed by atoms with Gasteiger partial charge in [0.25, 0.3) is 0 Å². The lowest BCUT2D eigenvalue weighted by Gasteiger charge is -2.14. The molecular formula is C12H18N4O. The zero-order valence-corrected chi connectivity index (χ0v) is 10.1. The molecule has 2 heterocycles. The van der Waals surface area contributed by atoms with Crippen molar-refractivity contribution < 1.29 is 4.79 Å². The van der Waals surface area contributed by atoms with Crippen LogP contribution in [0.1, 0.15) is 30.8 Å². The Kier molecular flexibility index (Phi) is 4.03. The molecule has 5 nitrogen and oxygen atoms in total. The summed E-state index contributed by atoms with van der Waals surface area (Å²) in [5.41, 5.74) is 0.926. The molecule has 1 aliphatic heterocycles. The van der Waals surface area contributed by atoms with Gasteiger partial charge in [-0.05, 0) is 32.3 Å². The van der Waals surface area contributed by atoms with Crippen molar-refractivity contribution in [2.45, 2.75) is 38.8 Å². The molecule has 1 unspecified atom stereocenters. The van der Waals surface area contributed by atoms with E-state index < -0.39 is 0 Å².